The molecule has 0 bridgehead atoms. The van der Waals surface area contributed by atoms with Crippen molar-refractivity contribution in [3.05, 3.63) is 47.9 Å². The topological polar surface area (TPSA) is 79.9 Å². The third kappa shape index (κ3) is 4.52. The number of halogens is 2. The van der Waals surface area contributed by atoms with E-state index >= 15 is 0 Å². The van der Waals surface area contributed by atoms with Crippen LogP contribution in [0, 0.1) is 5.92 Å². The van der Waals surface area contributed by atoms with Crippen LogP contribution < -0.4 is 10.1 Å². The summed E-state index contributed by atoms with van der Waals surface area (Å²) < 4.78 is 31.6. The lowest BCUT2D eigenvalue weighted by molar-refractivity contribution is 0.102. The molecule has 0 atom stereocenters. The molecule has 3 aromatic rings. The molecule has 1 aliphatic carbocycles. The molecule has 0 unspecified atom stereocenters. The number of H-pyrrole nitrogens is 1. The summed E-state index contributed by atoms with van der Waals surface area (Å²) in [6, 6.07) is 8.10. The van der Waals surface area contributed by atoms with Gasteiger partial charge in [-0.3, -0.25) is 4.79 Å². The highest BCUT2D eigenvalue weighted by atomic mass is 19.3. The lowest BCUT2D eigenvalue weighted by Gasteiger charge is -2.22. The Morgan fingerprint density at radius 3 is 2.86 bits per heavy atom. The van der Waals surface area contributed by atoms with Crippen LogP contribution in [0.4, 0.5) is 14.6 Å². The number of alkyl halides is 2. The van der Waals surface area contributed by atoms with Crippen molar-refractivity contribution in [2.45, 2.75) is 38.5 Å². The molecule has 1 saturated carbocycles. The minimum Gasteiger partial charge on any atom is -0.489 e. The fourth-order valence-corrected chi connectivity index (χ4v) is 3.62. The van der Waals surface area contributed by atoms with Crippen molar-refractivity contribution in [3.63, 3.8) is 0 Å². The number of hydrogen-bond acceptors (Lipinski definition) is 4. The zero-order chi connectivity index (χ0) is 20.2. The molecule has 8 heteroatoms. The number of anilines is 1. The molecule has 0 radical (unpaired) electrons. The summed E-state index contributed by atoms with van der Waals surface area (Å²) in [5, 5.41) is 2.75. The van der Waals surface area contributed by atoms with Crippen LogP contribution in [-0.2, 0) is 0 Å². The van der Waals surface area contributed by atoms with E-state index in [0.29, 0.717) is 40.7 Å². The Labute approximate surface area is 166 Å². The lowest BCUT2D eigenvalue weighted by Crippen LogP contribution is -2.17. The maximum atomic E-state index is 12.8. The highest BCUT2D eigenvalue weighted by Crippen LogP contribution is 2.27. The van der Waals surface area contributed by atoms with E-state index < -0.39 is 18.2 Å². The van der Waals surface area contributed by atoms with Gasteiger partial charge >= 0.3 is 0 Å². The summed E-state index contributed by atoms with van der Waals surface area (Å²) in [6.45, 7) is 0.602. The Morgan fingerprint density at radius 2 is 2.07 bits per heavy atom. The van der Waals surface area contributed by atoms with Crippen LogP contribution in [0.1, 0.15) is 54.7 Å². The molecule has 2 N–H and O–H groups in total. The molecule has 1 aromatic carbocycles. The average Bonchev–Trinajstić information content (AvgIpc) is 3.18. The Hall–Kier alpha value is -3.03. The normalized spacial score (nSPS) is 15.0. The fourth-order valence-electron chi connectivity index (χ4n) is 3.62. The second kappa shape index (κ2) is 8.55. The SMILES string of the molecule is O=C(Nc1ncccc1OCC1CCCCC1)c1ccc2nc(C(F)F)[nH]c2c1. The second-order valence-corrected chi connectivity index (χ2v) is 7.27. The van der Waals surface area contributed by atoms with Crippen molar-refractivity contribution < 1.29 is 18.3 Å². The molecule has 0 saturated heterocycles. The zero-order valence-corrected chi connectivity index (χ0v) is 15.8. The van der Waals surface area contributed by atoms with E-state index in [0.717, 1.165) is 12.8 Å². The number of carbonyl (C=O) groups is 1. The van der Waals surface area contributed by atoms with Crippen LogP contribution in [0.3, 0.4) is 0 Å². The third-order valence-corrected chi connectivity index (χ3v) is 5.17. The minimum atomic E-state index is -2.70. The molecular formula is C21H22F2N4O2. The third-order valence-electron chi connectivity index (χ3n) is 5.17. The standard InChI is InChI=1S/C21H22F2N4O2/c22-18(23)20-25-15-9-8-14(11-16(15)26-20)21(28)27-19-17(7-4-10-24-19)29-12-13-5-2-1-3-6-13/h4,7-11,13,18H,1-3,5-6,12H2,(H,25,26)(H,24,27,28). The van der Waals surface area contributed by atoms with E-state index in [1.165, 1.54) is 31.4 Å². The summed E-state index contributed by atoms with van der Waals surface area (Å²) in [7, 11) is 0. The van der Waals surface area contributed by atoms with Crippen molar-refractivity contribution in [1.29, 1.82) is 0 Å². The monoisotopic (exact) mass is 400 g/mol. The highest BCUT2D eigenvalue weighted by Gasteiger charge is 2.17. The van der Waals surface area contributed by atoms with Crippen molar-refractivity contribution in [2.24, 2.45) is 5.92 Å². The molecule has 1 fully saturated rings. The van der Waals surface area contributed by atoms with Gasteiger partial charge in [-0.05, 0) is 49.1 Å². The largest absolute Gasteiger partial charge is 0.489 e. The van der Waals surface area contributed by atoms with Crippen molar-refractivity contribution in [3.8, 4) is 5.75 Å². The quantitative estimate of drug-likeness (QED) is 0.603. The average molecular weight is 400 g/mol. The molecule has 0 spiro atoms. The van der Waals surface area contributed by atoms with Gasteiger partial charge in [0.1, 0.15) is 0 Å². The maximum Gasteiger partial charge on any atom is 0.295 e. The Bertz CT molecular complexity index is 999. The molecule has 29 heavy (non-hydrogen) atoms. The molecule has 4 rings (SSSR count). The van der Waals surface area contributed by atoms with Gasteiger partial charge in [-0.2, -0.15) is 0 Å². The molecule has 0 aliphatic heterocycles. The number of aromatic amines is 1. The Kier molecular flexibility index (Phi) is 5.69. The van der Waals surface area contributed by atoms with E-state index in [9.17, 15) is 13.6 Å². The summed E-state index contributed by atoms with van der Waals surface area (Å²) in [6.07, 6.45) is 4.94. The van der Waals surface area contributed by atoms with Gasteiger partial charge in [0.25, 0.3) is 12.3 Å². The maximum absolute atomic E-state index is 12.8. The van der Waals surface area contributed by atoms with E-state index in [2.05, 4.69) is 20.3 Å². The number of pyridine rings is 1. The predicted molar refractivity (Wildman–Crippen MR) is 105 cm³/mol. The summed E-state index contributed by atoms with van der Waals surface area (Å²) in [4.78, 5) is 23.2. The van der Waals surface area contributed by atoms with Gasteiger partial charge in [0.05, 0.1) is 17.6 Å². The van der Waals surface area contributed by atoms with Crippen LogP contribution in [0.5, 0.6) is 5.75 Å². The smallest absolute Gasteiger partial charge is 0.295 e. The zero-order valence-electron chi connectivity index (χ0n) is 15.8. The number of nitrogens with one attached hydrogen (secondary N) is 2. The number of aromatic nitrogens is 3. The molecular weight excluding hydrogens is 378 g/mol. The molecule has 152 valence electrons. The number of ether oxygens (including phenoxy) is 1. The first-order chi connectivity index (χ1) is 14.1. The Morgan fingerprint density at radius 1 is 1.24 bits per heavy atom. The molecule has 1 amide bonds. The van der Waals surface area contributed by atoms with Crippen molar-refractivity contribution in [2.75, 3.05) is 11.9 Å². The number of imidazole rings is 1. The fraction of sp³-hybridized carbons (Fsp3) is 0.381. The first-order valence-corrected chi connectivity index (χ1v) is 9.77. The summed E-state index contributed by atoms with van der Waals surface area (Å²) >= 11 is 0. The van der Waals surface area contributed by atoms with E-state index in [4.69, 9.17) is 4.74 Å². The van der Waals surface area contributed by atoms with Crippen molar-refractivity contribution in [1.82, 2.24) is 15.0 Å². The van der Waals surface area contributed by atoms with Crippen LogP contribution in [0.15, 0.2) is 36.5 Å². The van der Waals surface area contributed by atoms with Crippen LogP contribution in [0.25, 0.3) is 11.0 Å². The first-order valence-electron chi connectivity index (χ1n) is 9.77. The molecule has 2 heterocycles. The number of amides is 1. The van der Waals surface area contributed by atoms with Crippen LogP contribution >= 0.6 is 0 Å². The highest BCUT2D eigenvalue weighted by molar-refractivity contribution is 6.06. The molecule has 2 aromatic heterocycles. The van der Waals surface area contributed by atoms with E-state index in [1.807, 2.05) is 0 Å². The first kappa shape index (κ1) is 19.3. The second-order valence-electron chi connectivity index (χ2n) is 7.27. The van der Waals surface area contributed by atoms with E-state index in [-0.39, 0.29) is 0 Å². The van der Waals surface area contributed by atoms with Gasteiger partial charge in [-0.1, -0.05) is 19.3 Å². The van der Waals surface area contributed by atoms with E-state index in [1.54, 1.807) is 24.4 Å². The number of nitrogens with zero attached hydrogens (tertiary/aromatic N) is 2. The number of fused-ring (bicyclic) bond motifs is 1. The number of rotatable bonds is 6. The van der Waals surface area contributed by atoms with Crippen LogP contribution in [-0.4, -0.2) is 27.5 Å². The van der Waals surface area contributed by atoms with Crippen molar-refractivity contribution >= 4 is 22.8 Å². The minimum absolute atomic E-state index is 0.311. The van der Waals surface area contributed by atoms with Gasteiger partial charge in [0.2, 0.25) is 0 Å². The number of carbonyl (C=O) groups excluding carboxylic acids is 1. The van der Waals surface area contributed by atoms with Gasteiger partial charge in [0, 0.05) is 11.8 Å². The van der Waals surface area contributed by atoms with Crippen LogP contribution in [0.2, 0.25) is 0 Å². The predicted octanol–water partition coefficient (Wildman–Crippen LogP) is 5.11. The summed E-state index contributed by atoms with van der Waals surface area (Å²) in [5.74, 6) is 0.571. The molecule has 6 nitrogen and oxygen atoms in total. The lowest BCUT2D eigenvalue weighted by atomic mass is 9.90. The van der Waals surface area contributed by atoms with Gasteiger partial charge in [-0.15, -0.1) is 0 Å². The Balaban J connectivity index is 1.47. The molecule has 1 aliphatic rings. The van der Waals surface area contributed by atoms with Gasteiger partial charge < -0.3 is 15.0 Å². The number of benzene rings is 1. The van der Waals surface area contributed by atoms with Gasteiger partial charge in [0.15, 0.2) is 17.4 Å². The summed E-state index contributed by atoms with van der Waals surface area (Å²) in [5.41, 5.74) is 1.07. The number of hydrogen-bond donors (Lipinski definition) is 2. The van der Waals surface area contributed by atoms with Gasteiger partial charge in [-0.25, -0.2) is 18.7 Å².